The summed E-state index contributed by atoms with van der Waals surface area (Å²) in [6.45, 7) is 0. The Balaban J connectivity index is 1.29. The van der Waals surface area contributed by atoms with Crippen molar-refractivity contribution in [2.24, 2.45) is 10.1 Å². The van der Waals surface area contributed by atoms with Crippen molar-refractivity contribution in [3.63, 3.8) is 0 Å². The fraction of sp³-hybridized carbons (Fsp3) is 0.207. The van der Waals surface area contributed by atoms with Crippen molar-refractivity contribution >= 4 is 40.4 Å². The number of amidine groups is 1. The maximum absolute atomic E-state index is 12.8. The number of rotatable bonds is 8. The third-order valence-electron chi connectivity index (χ3n) is 6.51. The van der Waals surface area contributed by atoms with Crippen LogP contribution in [-0.4, -0.2) is 55.2 Å². The van der Waals surface area contributed by atoms with E-state index in [0.717, 1.165) is 34.2 Å². The molecule has 5 rings (SSSR count). The number of phenols is 1. The van der Waals surface area contributed by atoms with Gasteiger partial charge in [-0.15, -0.1) is 0 Å². The van der Waals surface area contributed by atoms with E-state index >= 15 is 0 Å². The Morgan fingerprint density at radius 1 is 1.00 bits per heavy atom. The maximum atomic E-state index is 12.8. The molecule has 0 aliphatic carbocycles. The lowest BCUT2D eigenvalue weighted by Crippen LogP contribution is -2.43. The molecule has 0 aromatic heterocycles. The molecule has 2 aliphatic rings. The Morgan fingerprint density at radius 3 is 2.33 bits per heavy atom. The number of aliphatic imine (C=N–C) groups is 1. The number of thioether (sulfide) groups is 1. The van der Waals surface area contributed by atoms with Crippen LogP contribution in [0.4, 0.5) is 0 Å². The molecule has 39 heavy (non-hydrogen) atoms. The number of carboxylic acid groups (broad SMARTS) is 1. The summed E-state index contributed by atoms with van der Waals surface area (Å²) in [5.41, 5.74) is 3.41. The molecule has 3 aromatic rings. The standard InChI is InChI=1S/C29H26N4O5S/c34-21-13-11-19(12-14-21)22-16-24(20-9-5-2-6-10-20)33(32-22)29-31-27(36)25(39-29)17-26(35)30-23(28(37)38)15-18-7-3-1-4-8-18/h1-14,23-25,34H,15-17H2,(H,30,35)(H,37,38)/t23-,24-,25-/m0/s1. The second-order valence-electron chi connectivity index (χ2n) is 9.26. The third-order valence-corrected chi connectivity index (χ3v) is 7.65. The van der Waals surface area contributed by atoms with Crippen molar-refractivity contribution in [3.8, 4) is 5.75 Å². The first-order chi connectivity index (χ1) is 18.9. The van der Waals surface area contributed by atoms with E-state index in [1.165, 1.54) is 0 Å². The van der Waals surface area contributed by atoms with Crippen LogP contribution in [0, 0.1) is 0 Å². The minimum Gasteiger partial charge on any atom is -0.508 e. The number of hydrazone groups is 1. The summed E-state index contributed by atoms with van der Waals surface area (Å²) in [5, 5.41) is 27.9. The lowest BCUT2D eigenvalue weighted by molar-refractivity contribution is -0.141. The van der Waals surface area contributed by atoms with Crippen LogP contribution in [0.3, 0.4) is 0 Å². The highest BCUT2D eigenvalue weighted by atomic mass is 32.2. The molecule has 0 fully saturated rings. The lowest BCUT2D eigenvalue weighted by Gasteiger charge is -2.23. The first-order valence-electron chi connectivity index (χ1n) is 12.4. The number of nitrogens with one attached hydrogen (secondary N) is 1. The summed E-state index contributed by atoms with van der Waals surface area (Å²) in [6.07, 6.45) is 0.498. The predicted octanol–water partition coefficient (Wildman–Crippen LogP) is 3.74. The van der Waals surface area contributed by atoms with E-state index < -0.39 is 29.1 Å². The summed E-state index contributed by atoms with van der Waals surface area (Å²) >= 11 is 1.15. The Kier molecular flexibility index (Phi) is 7.74. The van der Waals surface area contributed by atoms with Gasteiger partial charge in [-0.1, -0.05) is 72.4 Å². The van der Waals surface area contributed by atoms with E-state index in [2.05, 4.69) is 10.3 Å². The van der Waals surface area contributed by atoms with Crippen LogP contribution in [0.1, 0.15) is 35.6 Å². The smallest absolute Gasteiger partial charge is 0.326 e. The number of aromatic hydroxyl groups is 1. The zero-order chi connectivity index (χ0) is 27.4. The number of benzene rings is 3. The molecule has 0 bridgehead atoms. The minimum atomic E-state index is -1.14. The number of hydrogen-bond donors (Lipinski definition) is 3. The Labute approximate surface area is 229 Å². The van der Waals surface area contributed by atoms with E-state index in [0.29, 0.717) is 11.6 Å². The summed E-state index contributed by atoms with van der Waals surface area (Å²) < 4.78 is 0. The van der Waals surface area contributed by atoms with E-state index in [1.807, 2.05) is 36.4 Å². The molecular formula is C29H26N4O5S. The third kappa shape index (κ3) is 6.18. The second kappa shape index (κ2) is 11.5. The van der Waals surface area contributed by atoms with Crippen LogP contribution in [0.15, 0.2) is 95.0 Å². The van der Waals surface area contributed by atoms with Crippen LogP contribution in [0.2, 0.25) is 0 Å². The van der Waals surface area contributed by atoms with Gasteiger partial charge in [-0.25, -0.2) is 9.80 Å². The average Bonchev–Trinajstić information content (AvgIpc) is 3.54. The van der Waals surface area contributed by atoms with Gasteiger partial charge < -0.3 is 15.5 Å². The Hall–Kier alpha value is -4.44. The highest BCUT2D eigenvalue weighted by Gasteiger charge is 2.39. The Morgan fingerprint density at radius 2 is 1.67 bits per heavy atom. The molecule has 3 N–H and O–H groups in total. The van der Waals surface area contributed by atoms with Crippen molar-refractivity contribution < 1.29 is 24.6 Å². The van der Waals surface area contributed by atoms with Gasteiger partial charge in [0.05, 0.1) is 11.8 Å². The van der Waals surface area contributed by atoms with E-state index in [1.54, 1.807) is 53.5 Å². The summed E-state index contributed by atoms with van der Waals surface area (Å²) in [7, 11) is 0. The number of carboxylic acids is 1. The monoisotopic (exact) mass is 542 g/mol. The SMILES string of the molecule is O=C(C[C@@H]1SC(N2N=C(c3ccc(O)cc3)C[C@H]2c2ccccc2)=NC1=O)N[C@@H](Cc1ccccc1)C(=O)O. The van der Waals surface area contributed by atoms with Crippen molar-refractivity contribution in [2.75, 3.05) is 0 Å². The van der Waals surface area contributed by atoms with Gasteiger partial charge in [0.25, 0.3) is 5.91 Å². The topological polar surface area (TPSA) is 132 Å². The first kappa shape index (κ1) is 26.2. The summed E-state index contributed by atoms with van der Waals surface area (Å²) in [4.78, 5) is 41.6. The second-order valence-corrected chi connectivity index (χ2v) is 10.4. The normalized spacial score (nSPS) is 19.4. The molecule has 0 saturated carbocycles. The number of phenolic OH excluding ortho intramolecular Hbond substituents is 1. The molecule has 2 heterocycles. The van der Waals surface area contributed by atoms with Gasteiger partial charge in [0, 0.05) is 19.3 Å². The number of hydrogen-bond acceptors (Lipinski definition) is 7. The summed E-state index contributed by atoms with van der Waals surface area (Å²) in [6, 6.07) is 24.2. The molecule has 3 atom stereocenters. The largest absolute Gasteiger partial charge is 0.508 e. The predicted molar refractivity (Wildman–Crippen MR) is 148 cm³/mol. The van der Waals surface area contributed by atoms with Crippen LogP contribution < -0.4 is 5.32 Å². The molecular weight excluding hydrogens is 516 g/mol. The van der Waals surface area contributed by atoms with E-state index in [9.17, 15) is 24.6 Å². The van der Waals surface area contributed by atoms with Crippen LogP contribution >= 0.6 is 11.8 Å². The maximum Gasteiger partial charge on any atom is 0.326 e. The van der Waals surface area contributed by atoms with Crippen LogP contribution in [0.25, 0.3) is 0 Å². The number of carbonyl (C=O) groups excluding carboxylic acids is 2. The zero-order valence-corrected chi connectivity index (χ0v) is 21.6. The van der Waals surface area contributed by atoms with Gasteiger partial charge in [-0.3, -0.25) is 9.59 Å². The molecule has 10 heteroatoms. The molecule has 2 aliphatic heterocycles. The molecule has 0 saturated heterocycles. The minimum absolute atomic E-state index is 0.136. The molecule has 3 aromatic carbocycles. The molecule has 0 spiro atoms. The quantitative estimate of drug-likeness (QED) is 0.395. The molecule has 0 radical (unpaired) electrons. The van der Waals surface area contributed by atoms with Gasteiger partial charge in [0.1, 0.15) is 17.0 Å². The van der Waals surface area contributed by atoms with Gasteiger partial charge in [-0.05, 0) is 41.0 Å². The van der Waals surface area contributed by atoms with Crippen molar-refractivity contribution in [2.45, 2.75) is 36.6 Å². The number of aliphatic carboxylic acids is 1. The highest BCUT2D eigenvalue weighted by Crippen LogP contribution is 2.38. The first-order valence-corrected chi connectivity index (χ1v) is 13.3. The molecule has 0 unspecified atom stereocenters. The van der Waals surface area contributed by atoms with Gasteiger partial charge in [0.15, 0.2) is 5.17 Å². The zero-order valence-electron chi connectivity index (χ0n) is 20.8. The fourth-order valence-corrected chi connectivity index (χ4v) is 5.59. The number of amides is 2. The van der Waals surface area contributed by atoms with E-state index in [-0.39, 0.29) is 24.6 Å². The van der Waals surface area contributed by atoms with Crippen LogP contribution in [0.5, 0.6) is 5.75 Å². The Bertz CT molecular complexity index is 1430. The highest BCUT2D eigenvalue weighted by molar-refractivity contribution is 8.15. The van der Waals surface area contributed by atoms with Gasteiger partial charge in [-0.2, -0.15) is 10.1 Å². The molecule has 2 amide bonds. The molecule has 9 nitrogen and oxygen atoms in total. The fourth-order valence-electron chi connectivity index (χ4n) is 4.53. The lowest BCUT2D eigenvalue weighted by atomic mass is 9.99. The van der Waals surface area contributed by atoms with Crippen molar-refractivity contribution in [3.05, 3.63) is 102 Å². The average molecular weight is 543 g/mol. The molecule has 198 valence electrons. The number of carbonyl (C=O) groups is 3. The van der Waals surface area contributed by atoms with Crippen molar-refractivity contribution in [1.82, 2.24) is 10.3 Å². The van der Waals surface area contributed by atoms with Crippen LogP contribution in [-0.2, 0) is 20.8 Å². The number of nitrogens with zero attached hydrogens (tertiary/aromatic N) is 3. The van der Waals surface area contributed by atoms with Gasteiger partial charge in [0.2, 0.25) is 5.91 Å². The summed E-state index contributed by atoms with van der Waals surface area (Å²) in [5.74, 6) is -1.98. The van der Waals surface area contributed by atoms with Gasteiger partial charge >= 0.3 is 5.97 Å². The van der Waals surface area contributed by atoms with E-state index in [4.69, 9.17) is 5.10 Å². The van der Waals surface area contributed by atoms with Crippen molar-refractivity contribution in [1.29, 1.82) is 0 Å².